The summed E-state index contributed by atoms with van der Waals surface area (Å²) in [5.74, 6) is -0.175. The van der Waals surface area contributed by atoms with Gasteiger partial charge in [-0.1, -0.05) is 33.2 Å². The lowest BCUT2D eigenvalue weighted by Gasteiger charge is -1.94. The fraction of sp³-hybridized carbons (Fsp3) is 0. The number of anilines is 1. The highest BCUT2D eigenvalue weighted by Gasteiger charge is 2.12. The van der Waals surface area contributed by atoms with Crippen LogP contribution in [0.4, 0.5) is 16.5 Å². The second kappa shape index (κ2) is 6.02. The average molecular weight is 400 g/mol. The molecule has 0 saturated heterocycles. The highest BCUT2D eigenvalue weighted by Crippen LogP contribution is 2.36. The number of nitrogens with zero attached hydrogens (tertiary/aromatic N) is 3. The summed E-state index contributed by atoms with van der Waals surface area (Å²) in [7, 11) is 0. The van der Waals surface area contributed by atoms with E-state index in [1.165, 1.54) is 0 Å². The van der Waals surface area contributed by atoms with Crippen molar-refractivity contribution >= 4 is 55.7 Å². The number of aromatic nitrogens is 2. The third-order valence-corrected chi connectivity index (χ3v) is 3.96. The molecule has 25 heavy (non-hydrogen) atoms. The van der Waals surface area contributed by atoms with Crippen LogP contribution in [0.15, 0.2) is 61.6 Å². The first-order chi connectivity index (χ1) is 12.1. The molecule has 4 aromatic rings. The van der Waals surface area contributed by atoms with Gasteiger partial charge in [0.05, 0.1) is 5.52 Å². The predicted molar refractivity (Wildman–Crippen MR) is 95.2 cm³/mol. The molecule has 0 fully saturated rings. The minimum absolute atomic E-state index is 0.0241. The van der Waals surface area contributed by atoms with Gasteiger partial charge in [-0.05, 0) is 30.3 Å². The lowest BCUT2D eigenvalue weighted by molar-refractivity contribution is 0.258. The molecule has 3 N–H and O–H groups in total. The summed E-state index contributed by atoms with van der Waals surface area (Å²) in [6.45, 7) is 0. The zero-order chi connectivity index (χ0) is 17.4. The number of azo groups is 1. The molecular weight excluding hydrogens is 390 g/mol. The first kappa shape index (κ1) is 15.3. The zero-order valence-electron chi connectivity index (χ0n) is 12.5. The number of amides is 2. The maximum Gasteiger partial charge on any atom is 0.367 e. The van der Waals surface area contributed by atoms with Crippen molar-refractivity contribution in [2.24, 2.45) is 10.2 Å². The first-order valence-corrected chi connectivity index (χ1v) is 7.98. The number of H-pyrrole nitrogens is 1. The molecule has 0 spiro atoms. The van der Waals surface area contributed by atoms with Crippen LogP contribution in [0.1, 0.15) is 0 Å². The van der Waals surface area contributed by atoms with Gasteiger partial charge in [-0.3, -0.25) is 5.32 Å². The summed E-state index contributed by atoms with van der Waals surface area (Å²) in [5, 5.41) is 20.3. The molecule has 2 aromatic heterocycles. The number of aromatic hydroxyl groups is 1. The van der Waals surface area contributed by atoms with Crippen LogP contribution in [0.3, 0.4) is 0 Å². The molecule has 0 aliphatic carbocycles. The number of hydrogen-bond donors (Lipinski definition) is 3. The van der Waals surface area contributed by atoms with Crippen molar-refractivity contribution in [3.05, 3.63) is 46.9 Å². The highest BCUT2D eigenvalue weighted by molar-refractivity contribution is 9.10. The number of para-hydroxylation sites is 2. The number of aromatic amines is 1. The third-order valence-electron chi connectivity index (χ3n) is 3.46. The number of rotatable bonds is 2. The number of nitrogens with one attached hydrogen (secondary N) is 2. The van der Waals surface area contributed by atoms with E-state index < -0.39 is 6.03 Å². The summed E-state index contributed by atoms with van der Waals surface area (Å²) >= 11 is 3.35. The Morgan fingerprint density at radius 1 is 1.28 bits per heavy atom. The van der Waals surface area contributed by atoms with Gasteiger partial charge in [0, 0.05) is 9.86 Å². The minimum Gasteiger partial charge on any atom is -0.493 e. The van der Waals surface area contributed by atoms with E-state index in [9.17, 15) is 9.90 Å². The van der Waals surface area contributed by atoms with Crippen LogP contribution in [-0.2, 0) is 0 Å². The zero-order valence-corrected chi connectivity index (χ0v) is 14.1. The lowest BCUT2D eigenvalue weighted by atomic mass is 10.2. The Labute approximate surface area is 148 Å². The molecule has 2 heterocycles. The molecule has 0 radical (unpaired) electrons. The summed E-state index contributed by atoms with van der Waals surface area (Å²) in [6, 6.07) is 11.7. The molecule has 9 heteroatoms. The van der Waals surface area contributed by atoms with E-state index in [2.05, 4.69) is 41.4 Å². The normalized spacial score (nSPS) is 11.6. The van der Waals surface area contributed by atoms with Gasteiger partial charge in [-0.2, -0.15) is 4.98 Å². The number of carbonyl (C=O) groups excluding carboxylic acids is 1. The van der Waals surface area contributed by atoms with E-state index in [1.807, 2.05) is 12.1 Å². The molecule has 0 atom stereocenters. The number of hydrogen-bond acceptors (Lipinski definition) is 5. The van der Waals surface area contributed by atoms with Crippen molar-refractivity contribution < 1.29 is 14.3 Å². The summed E-state index contributed by atoms with van der Waals surface area (Å²) in [6.07, 6.45) is 0. The van der Waals surface area contributed by atoms with E-state index in [4.69, 9.17) is 4.42 Å². The van der Waals surface area contributed by atoms with Gasteiger partial charge >= 0.3 is 12.0 Å². The van der Waals surface area contributed by atoms with Crippen LogP contribution in [0, 0.1) is 0 Å². The Balaban J connectivity index is 1.58. The molecule has 0 aliphatic rings. The molecule has 8 nitrogen and oxygen atoms in total. The van der Waals surface area contributed by atoms with E-state index in [0.29, 0.717) is 22.0 Å². The molecular formula is C16H10BrN5O3. The van der Waals surface area contributed by atoms with E-state index in [1.54, 1.807) is 30.3 Å². The van der Waals surface area contributed by atoms with E-state index in [-0.39, 0.29) is 17.6 Å². The summed E-state index contributed by atoms with van der Waals surface area (Å²) in [5.41, 5.74) is 2.01. The molecule has 124 valence electrons. The van der Waals surface area contributed by atoms with Gasteiger partial charge in [0.1, 0.15) is 5.52 Å². The Morgan fingerprint density at radius 3 is 2.96 bits per heavy atom. The van der Waals surface area contributed by atoms with Gasteiger partial charge in [0.2, 0.25) is 5.88 Å². The van der Waals surface area contributed by atoms with Crippen LogP contribution < -0.4 is 5.32 Å². The first-order valence-electron chi connectivity index (χ1n) is 7.18. The Bertz CT molecular complexity index is 1100. The number of benzene rings is 2. The molecule has 0 saturated carbocycles. The van der Waals surface area contributed by atoms with Gasteiger partial charge < -0.3 is 14.5 Å². The monoisotopic (exact) mass is 399 g/mol. The second-order valence-electron chi connectivity index (χ2n) is 5.13. The van der Waals surface area contributed by atoms with E-state index >= 15 is 0 Å². The number of fused-ring (bicyclic) bond motifs is 2. The van der Waals surface area contributed by atoms with Gasteiger partial charge in [-0.15, -0.1) is 5.11 Å². The fourth-order valence-electron chi connectivity index (χ4n) is 2.37. The smallest absolute Gasteiger partial charge is 0.367 e. The van der Waals surface area contributed by atoms with E-state index in [0.717, 1.165) is 4.47 Å². The van der Waals surface area contributed by atoms with Crippen molar-refractivity contribution in [3.63, 3.8) is 0 Å². The van der Waals surface area contributed by atoms with Crippen LogP contribution in [0.2, 0.25) is 0 Å². The summed E-state index contributed by atoms with van der Waals surface area (Å²) < 4.78 is 6.19. The molecule has 4 rings (SSSR count). The number of carbonyl (C=O) groups is 1. The standard InChI is InChI=1S/C16H10BrN5O3/c17-8-5-6-10-9(7-8)13(14(23)18-10)21-22-15(24)20-16-19-11-3-1-2-4-12(11)25-16/h1-7,18,23H,(H,19,20,24). The maximum atomic E-state index is 11.9. The third kappa shape index (κ3) is 2.96. The SMILES string of the molecule is O=C(N=Nc1c(O)[nH]c2ccc(Br)cc12)Nc1nc2ccccc2o1. The number of urea groups is 1. The summed E-state index contributed by atoms with van der Waals surface area (Å²) in [4.78, 5) is 18.8. The topological polar surface area (TPSA) is 116 Å². The number of oxazole rings is 1. The van der Waals surface area contributed by atoms with Gasteiger partial charge in [0.25, 0.3) is 0 Å². The number of halogens is 1. The molecule has 2 aromatic carbocycles. The Hall–Kier alpha value is -3.20. The largest absolute Gasteiger partial charge is 0.493 e. The lowest BCUT2D eigenvalue weighted by Crippen LogP contribution is -2.05. The van der Waals surface area contributed by atoms with Gasteiger partial charge in [0.15, 0.2) is 11.3 Å². The predicted octanol–water partition coefficient (Wildman–Crippen LogP) is 5.09. The van der Waals surface area contributed by atoms with Crippen LogP contribution >= 0.6 is 15.9 Å². The van der Waals surface area contributed by atoms with Crippen molar-refractivity contribution in [3.8, 4) is 5.88 Å². The molecule has 0 unspecified atom stereocenters. The van der Waals surface area contributed by atoms with Gasteiger partial charge in [-0.25, -0.2) is 4.79 Å². The molecule has 0 aliphatic heterocycles. The molecule has 0 bridgehead atoms. The Kier molecular flexibility index (Phi) is 3.69. The maximum absolute atomic E-state index is 11.9. The van der Waals surface area contributed by atoms with Crippen molar-refractivity contribution in [2.45, 2.75) is 0 Å². The second-order valence-corrected chi connectivity index (χ2v) is 6.04. The average Bonchev–Trinajstić information content (AvgIpc) is 3.12. The van der Waals surface area contributed by atoms with Crippen molar-refractivity contribution in [1.29, 1.82) is 0 Å². The fourth-order valence-corrected chi connectivity index (χ4v) is 2.74. The quantitative estimate of drug-likeness (QED) is 0.406. The van der Waals surface area contributed by atoms with Crippen molar-refractivity contribution in [1.82, 2.24) is 9.97 Å². The molecule has 2 amide bonds. The minimum atomic E-state index is -0.768. The van der Waals surface area contributed by atoms with Crippen LogP contribution in [0.25, 0.3) is 22.0 Å². The Morgan fingerprint density at radius 2 is 2.12 bits per heavy atom. The van der Waals surface area contributed by atoms with Crippen LogP contribution in [-0.4, -0.2) is 21.1 Å². The highest BCUT2D eigenvalue weighted by atomic mass is 79.9. The van der Waals surface area contributed by atoms with Crippen LogP contribution in [0.5, 0.6) is 5.88 Å². The van der Waals surface area contributed by atoms with Crippen molar-refractivity contribution in [2.75, 3.05) is 5.32 Å².